The van der Waals surface area contributed by atoms with Crippen LogP contribution in [0.1, 0.15) is 27.6 Å². The summed E-state index contributed by atoms with van der Waals surface area (Å²) in [5, 5.41) is 0.598. The van der Waals surface area contributed by atoms with Gasteiger partial charge in [-0.25, -0.2) is 9.59 Å². The van der Waals surface area contributed by atoms with Crippen molar-refractivity contribution < 1.29 is 18.7 Å². The minimum absolute atomic E-state index is 0.242. The van der Waals surface area contributed by atoms with E-state index in [-0.39, 0.29) is 11.3 Å². The molecule has 0 aliphatic heterocycles. The van der Waals surface area contributed by atoms with E-state index in [0.717, 1.165) is 4.47 Å². The predicted octanol–water partition coefficient (Wildman–Crippen LogP) is 3.98. The Kier molecular flexibility index (Phi) is 4.81. The maximum atomic E-state index is 12.3. The monoisotopic (exact) mass is 400 g/mol. The molecule has 3 rings (SSSR count). The van der Waals surface area contributed by atoms with E-state index in [1.54, 1.807) is 48.5 Å². The fourth-order valence-electron chi connectivity index (χ4n) is 2.33. The molecule has 2 aromatic carbocycles. The molecule has 1 heterocycles. The van der Waals surface area contributed by atoms with Crippen LogP contribution in [-0.2, 0) is 4.74 Å². The summed E-state index contributed by atoms with van der Waals surface area (Å²) in [6.45, 7) is 1.46. The number of carbonyl (C=O) groups excluding carboxylic acids is 2. The van der Waals surface area contributed by atoms with Crippen LogP contribution in [0.25, 0.3) is 11.0 Å². The standard InChI is InChI=1S/C19H13BrO5/c1-11(17(21)12-6-8-14(20)9-7-12)24-18(22)15-10-13-4-2-3-5-16(13)25-19(15)23/h2-11H,1H3/t11-/m0/s1. The normalized spacial score (nSPS) is 11.9. The average molecular weight is 401 g/mol. The molecule has 0 spiro atoms. The van der Waals surface area contributed by atoms with Crippen LogP contribution in [-0.4, -0.2) is 17.9 Å². The second-order valence-corrected chi connectivity index (χ2v) is 6.32. The second kappa shape index (κ2) is 7.03. The van der Waals surface area contributed by atoms with Gasteiger partial charge >= 0.3 is 11.6 Å². The fourth-order valence-corrected chi connectivity index (χ4v) is 2.60. The van der Waals surface area contributed by atoms with Gasteiger partial charge in [-0.1, -0.05) is 46.3 Å². The Morgan fingerprint density at radius 1 is 1.08 bits per heavy atom. The number of hydrogen-bond donors (Lipinski definition) is 0. The van der Waals surface area contributed by atoms with Crippen LogP contribution >= 0.6 is 15.9 Å². The van der Waals surface area contributed by atoms with Crippen LogP contribution in [0.2, 0.25) is 0 Å². The first kappa shape index (κ1) is 17.1. The maximum Gasteiger partial charge on any atom is 0.351 e. The topological polar surface area (TPSA) is 73.6 Å². The molecule has 5 nitrogen and oxygen atoms in total. The van der Waals surface area contributed by atoms with Crippen LogP contribution in [0.3, 0.4) is 0 Å². The smallest absolute Gasteiger partial charge is 0.351 e. The van der Waals surface area contributed by atoms with Gasteiger partial charge in [-0.15, -0.1) is 0 Å². The Balaban J connectivity index is 1.82. The highest BCUT2D eigenvalue weighted by molar-refractivity contribution is 9.10. The number of benzene rings is 2. The van der Waals surface area contributed by atoms with Crippen LogP contribution < -0.4 is 5.63 Å². The molecule has 126 valence electrons. The molecule has 6 heteroatoms. The lowest BCUT2D eigenvalue weighted by atomic mass is 10.1. The van der Waals surface area contributed by atoms with E-state index in [4.69, 9.17) is 9.15 Å². The van der Waals surface area contributed by atoms with E-state index in [1.165, 1.54) is 13.0 Å². The number of halogens is 1. The minimum atomic E-state index is -1.03. The summed E-state index contributed by atoms with van der Waals surface area (Å²) in [6.07, 6.45) is -1.03. The Morgan fingerprint density at radius 2 is 1.76 bits per heavy atom. The lowest BCUT2D eigenvalue weighted by molar-refractivity contribution is 0.0315. The van der Waals surface area contributed by atoms with Gasteiger partial charge in [-0.3, -0.25) is 4.79 Å². The van der Waals surface area contributed by atoms with E-state index in [1.807, 2.05) is 0 Å². The summed E-state index contributed by atoms with van der Waals surface area (Å²) in [5.74, 6) is -1.25. The third kappa shape index (κ3) is 3.69. The third-order valence-corrected chi connectivity index (χ3v) is 4.17. The van der Waals surface area contributed by atoms with Gasteiger partial charge in [-0.2, -0.15) is 0 Å². The van der Waals surface area contributed by atoms with E-state index in [9.17, 15) is 14.4 Å². The Hall–Kier alpha value is -2.73. The fraction of sp³-hybridized carbons (Fsp3) is 0.105. The highest BCUT2D eigenvalue weighted by atomic mass is 79.9. The molecule has 0 saturated heterocycles. The van der Waals surface area contributed by atoms with Gasteiger partial charge in [0.25, 0.3) is 0 Å². The maximum absolute atomic E-state index is 12.3. The second-order valence-electron chi connectivity index (χ2n) is 5.40. The van der Waals surface area contributed by atoms with Crippen LogP contribution in [0.15, 0.2) is 68.3 Å². The van der Waals surface area contributed by atoms with E-state index < -0.39 is 17.7 Å². The summed E-state index contributed by atoms with van der Waals surface area (Å²) < 4.78 is 11.1. The highest BCUT2D eigenvalue weighted by Crippen LogP contribution is 2.16. The molecule has 0 fully saturated rings. The molecule has 0 bridgehead atoms. The van der Waals surface area contributed by atoms with Gasteiger partial charge in [-0.05, 0) is 31.2 Å². The lowest BCUT2D eigenvalue weighted by Crippen LogP contribution is -2.27. The molecule has 1 aromatic heterocycles. The van der Waals surface area contributed by atoms with Crippen molar-refractivity contribution in [2.24, 2.45) is 0 Å². The average Bonchev–Trinajstić information content (AvgIpc) is 2.61. The molecular formula is C19H13BrO5. The highest BCUT2D eigenvalue weighted by Gasteiger charge is 2.23. The lowest BCUT2D eigenvalue weighted by Gasteiger charge is -2.12. The molecule has 3 aromatic rings. The van der Waals surface area contributed by atoms with Gasteiger partial charge in [0.2, 0.25) is 5.78 Å². The molecule has 0 saturated carbocycles. The van der Waals surface area contributed by atoms with Gasteiger partial charge < -0.3 is 9.15 Å². The van der Waals surface area contributed by atoms with E-state index in [2.05, 4.69) is 15.9 Å². The summed E-state index contributed by atoms with van der Waals surface area (Å²) in [7, 11) is 0. The van der Waals surface area contributed by atoms with Crippen molar-refractivity contribution in [2.45, 2.75) is 13.0 Å². The molecule has 0 aliphatic rings. The van der Waals surface area contributed by atoms with Gasteiger partial charge in [0, 0.05) is 15.4 Å². The Labute approximate surface area is 151 Å². The Morgan fingerprint density at radius 3 is 2.48 bits per heavy atom. The summed E-state index contributed by atoms with van der Waals surface area (Å²) in [4.78, 5) is 36.6. The quantitative estimate of drug-likeness (QED) is 0.376. The third-order valence-electron chi connectivity index (χ3n) is 3.64. The van der Waals surface area contributed by atoms with Gasteiger partial charge in [0.1, 0.15) is 11.1 Å². The number of ketones is 1. The number of esters is 1. The van der Waals surface area contributed by atoms with Gasteiger partial charge in [0.15, 0.2) is 6.10 Å². The minimum Gasteiger partial charge on any atom is -0.450 e. The van der Waals surface area contributed by atoms with Crippen LogP contribution in [0.4, 0.5) is 0 Å². The number of rotatable bonds is 4. The van der Waals surface area contributed by atoms with Crippen LogP contribution in [0, 0.1) is 0 Å². The zero-order valence-electron chi connectivity index (χ0n) is 13.2. The first-order valence-corrected chi connectivity index (χ1v) is 8.28. The SMILES string of the molecule is C[C@H](OC(=O)c1cc2ccccc2oc1=O)C(=O)c1ccc(Br)cc1. The van der Waals surface area contributed by atoms with Crippen LogP contribution in [0.5, 0.6) is 0 Å². The zero-order valence-corrected chi connectivity index (χ0v) is 14.8. The summed E-state index contributed by atoms with van der Waals surface area (Å²) >= 11 is 3.29. The number of Topliss-reactive ketones (excluding diaryl/α,β-unsaturated/α-hetero) is 1. The van der Waals surface area contributed by atoms with Gasteiger partial charge in [0.05, 0.1) is 0 Å². The number of hydrogen-bond acceptors (Lipinski definition) is 5. The van der Waals surface area contributed by atoms with Crippen molar-refractivity contribution in [3.8, 4) is 0 Å². The number of ether oxygens (including phenoxy) is 1. The molecule has 0 aliphatic carbocycles. The van der Waals surface area contributed by atoms with Crippen molar-refractivity contribution in [1.29, 1.82) is 0 Å². The number of fused-ring (bicyclic) bond motifs is 1. The summed E-state index contributed by atoms with van der Waals surface area (Å²) in [5.41, 5.74) is -0.252. The van der Waals surface area contributed by atoms with Crippen molar-refractivity contribution in [1.82, 2.24) is 0 Å². The van der Waals surface area contributed by atoms with Crippen molar-refractivity contribution in [3.05, 3.63) is 80.6 Å². The van der Waals surface area contributed by atoms with E-state index in [0.29, 0.717) is 16.5 Å². The van der Waals surface area contributed by atoms with Crippen molar-refractivity contribution in [2.75, 3.05) is 0 Å². The first-order chi connectivity index (χ1) is 12.0. The molecule has 0 unspecified atom stereocenters. The first-order valence-electron chi connectivity index (χ1n) is 7.49. The molecule has 0 radical (unpaired) electrons. The molecule has 25 heavy (non-hydrogen) atoms. The molecule has 0 amide bonds. The van der Waals surface area contributed by atoms with Crippen molar-refractivity contribution in [3.63, 3.8) is 0 Å². The summed E-state index contributed by atoms with van der Waals surface area (Å²) in [6, 6.07) is 14.9. The zero-order chi connectivity index (χ0) is 18.0. The van der Waals surface area contributed by atoms with E-state index >= 15 is 0 Å². The number of carbonyl (C=O) groups is 2. The van der Waals surface area contributed by atoms with Crippen molar-refractivity contribution >= 4 is 38.7 Å². The number of para-hydroxylation sites is 1. The molecular weight excluding hydrogens is 388 g/mol. The largest absolute Gasteiger partial charge is 0.450 e. The molecule has 1 atom stereocenters. The predicted molar refractivity (Wildman–Crippen MR) is 95.8 cm³/mol. The Bertz CT molecular complexity index is 1000. The molecule has 0 N–H and O–H groups in total.